The second kappa shape index (κ2) is 7.53. The van der Waals surface area contributed by atoms with Crippen LogP contribution in [0.25, 0.3) is 55.4 Å². The minimum Gasteiger partial charge on any atom is -0.294 e. The van der Waals surface area contributed by atoms with Gasteiger partial charge >= 0.3 is 0 Å². The van der Waals surface area contributed by atoms with E-state index in [2.05, 4.69) is 33.8 Å². The zero-order chi connectivity index (χ0) is 24.2. The lowest BCUT2D eigenvalue weighted by atomic mass is 10.1. The number of pyridine rings is 2. The first kappa shape index (κ1) is 20.0. The Bertz CT molecular complexity index is 1930. The van der Waals surface area contributed by atoms with Crippen LogP contribution in [0.3, 0.4) is 0 Å². The summed E-state index contributed by atoms with van der Waals surface area (Å²) in [4.78, 5) is 9.76. The summed E-state index contributed by atoms with van der Waals surface area (Å²) in [5.41, 5.74) is 4.96. The fraction of sp³-hybridized carbons (Fsp3) is 0. The lowest BCUT2D eigenvalue weighted by Gasteiger charge is -2.11. The van der Waals surface area contributed by atoms with Crippen molar-refractivity contribution < 1.29 is 0 Å². The summed E-state index contributed by atoms with van der Waals surface area (Å²) in [6.45, 7) is 0. The van der Waals surface area contributed by atoms with Gasteiger partial charge in [0.25, 0.3) is 0 Å². The maximum absolute atomic E-state index is 9.45. The van der Waals surface area contributed by atoms with Crippen LogP contribution in [0.1, 0.15) is 11.1 Å². The average Bonchev–Trinajstić information content (AvgIpc) is 3.45. The standard InChI is InChI=1S/C30H16N6/c31-17-19-10-12-26-23(15-19)21-5-1-2-7-25(21)35(26)28-8-3-9-29(34-28)36-27-13-11-20(18-32)16-24(27)22-6-4-14-33-30(22)36/h1-16H. The Morgan fingerprint density at radius 1 is 0.556 bits per heavy atom. The molecule has 166 valence electrons. The van der Waals surface area contributed by atoms with Crippen LogP contribution in [-0.4, -0.2) is 19.1 Å². The van der Waals surface area contributed by atoms with Crippen LogP contribution >= 0.6 is 0 Å². The molecule has 0 aliphatic heterocycles. The minimum absolute atomic E-state index is 0.606. The van der Waals surface area contributed by atoms with Crippen LogP contribution < -0.4 is 0 Å². The van der Waals surface area contributed by atoms with E-state index in [1.165, 1.54) is 0 Å². The third-order valence-electron chi connectivity index (χ3n) is 6.63. The third-order valence-corrected chi connectivity index (χ3v) is 6.63. The van der Waals surface area contributed by atoms with Crippen molar-refractivity contribution in [1.29, 1.82) is 10.5 Å². The molecule has 6 nitrogen and oxygen atoms in total. The predicted octanol–water partition coefficient (Wildman–Crippen LogP) is 6.41. The van der Waals surface area contributed by atoms with Gasteiger partial charge in [-0.2, -0.15) is 10.5 Å². The van der Waals surface area contributed by atoms with E-state index in [1.54, 1.807) is 6.20 Å². The first-order valence-corrected chi connectivity index (χ1v) is 11.5. The normalized spacial score (nSPS) is 11.3. The molecule has 0 saturated carbocycles. The molecule has 0 bridgehead atoms. The second-order valence-corrected chi connectivity index (χ2v) is 8.60. The van der Waals surface area contributed by atoms with E-state index < -0.39 is 0 Å². The maximum atomic E-state index is 9.45. The van der Waals surface area contributed by atoms with Crippen molar-refractivity contribution in [2.24, 2.45) is 0 Å². The quantitative estimate of drug-likeness (QED) is 0.298. The number of benzene rings is 3. The zero-order valence-corrected chi connectivity index (χ0v) is 18.9. The number of hydrogen-bond donors (Lipinski definition) is 0. The van der Waals surface area contributed by atoms with Crippen LogP contribution in [0.4, 0.5) is 0 Å². The molecule has 4 heterocycles. The van der Waals surface area contributed by atoms with Gasteiger partial charge in [0.2, 0.25) is 0 Å². The molecule has 0 saturated heterocycles. The molecule has 3 aromatic carbocycles. The Hall–Kier alpha value is -5.46. The molecule has 7 rings (SSSR count). The SMILES string of the molecule is N#Cc1ccc2c(c1)c1ccccc1n2-c1cccc(-n2c3ccc(C#N)cc3c3cccnc32)n1. The molecule has 0 unspecified atom stereocenters. The monoisotopic (exact) mass is 460 g/mol. The van der Waals surface area contributed by atoms with Crippen LogP contribution in [0.5, 0.6) is 0 Å². The topological polar surface area (TPSA) is 83.2 Å². The third kappa shape index (κ3) is 2.76. The molecule has 0 atom stereocenters. The zero-order valence-electron chi connectivity index (χ0n) is 18.9. The van der Waals surface area contributed by atoms with E-state index in [9.17, 15) is 10.5 Å². The lowest BCUT2D eigenvalue weighted by molar-refractivity contribution is 1.00. The highest BCUT2D eigenvalue weighted by Gasteiger charge is 2.17. The summed E-state index contributed by atoms with van der Waals surface area (Å²) in [7, 11) is 0. The fourth-order valence-electron chi connectivity index (χ4n) is 5.10. The van der Waals surface area contributed by atoms with E-state index in [-0.39, 0.29) is 0 Å². The summed E-state index contributed by atoms with van der Waals surface area (Å²) in [6.07, 6.45) is 1.77. The molecule has 0 aliphatic carbocycles. The number of nitriles is 2. The van der Waals surface area contributed by atoms with Crippen molar-refractivity contribution in [3.63, 3.8) is 0 Å². The van der Waals surface area contributed by atoms with E-state index in [0.717, 1.165) is 55.4 Å². The number of fused-ring (bicyclic) bond motifs is 6. The number of rotatable bonds is 2. The summed E-state index contributed by atoms with van der Waals surface area (Å²) in [6, 6.07) is 33.9. The van der Waals surface area contributed by atoms with E-state index in [4.69, 9.17) is 4.98 Å². The van der Waals surface area contributed by atoms with Gasteiger partial charge in [-0.05, 0) is 66.7 Å². The van der Waals surface area contributed by atoms with Crippen molar-refractivity contribution in [2.75, 3.05) is 0 Å². The van der Waals surface area contributed by atoms with Gasteiger partial charge in [-0.3, -0.25) is 9.13 Å². The molecular formula is C30H16N6. The van der Waals surface area contributed by atoms with Crippen molar-refractivity contribution in [3.05, 3.63) is 108 Å². The van der Waals surface area contributed by atoms with Gasteiger partial charge in [-0.1, -0.05) is 24.3 Å². The molecule has 0 amide bonds. The van der Waals surface area contributed by atoms with Crippen LogP contribution in [0, 0.1) is 22.7 Å². The molecule has 6 heteroatoms. The van der Waals surface area contributed by atoms with Crippen molar-refractivity contribution in [3.8, 4) is 23.8 Å². The number of nitrogens with zero attached hydrogens (tertiary/aromatic N) is 6. The fourth-order valence-corrected chi connectivity index (χ4v) is 5.10. The summed E-state index contributed by atoms with van der Waals surface area (Å²) in [5, 5.41) is 22.9. The summed E-state index contributed by atoms with van der Waals surface area (Å²) >= 11 is 0. The van der Waals surface area contributed by atoms with Crippen molar-refractivity contribution in [1.82, 2.24) is 19.1 Å². The van der Waals surface area contributed by atoms with E-state index in [1.807, 2.05) is 83.4 Å². The molecule has 7 aromatic rings. The molecule has 0 fully saturated rings. The highest BCUT2D eigenvalue weighted by molar-refractivity contribution is 6.10. The molecule has 0 spiro atoms. The Morgan fingerprint density at radius 3 is 1.92 bits per heavy atom. The number of para-hydroxylation sites is 1. The first-order valence-electron chi connectivity index (χ1n) is 11.5. The predicted molar refractivity (Wildman–Crippen MR) is 140 cm³/mol. The van der Waals surface area contributed by atoms with Crippen molar-refractivity contribution in [2.45, 2.75) is 0 Å². The van der Waals surface area contributed by atoms with Gasteiger partial charge in [-0.15, -0.1) is 0 Å². The molecular weight excluding hydrogens is 444 g/mol. The first-order chi connectivity index (χ1) is 17.8. The molecule has 0 aliphatic rings. The largest absolute Gasteiger partial charge is 0.294 e. The smallest absolute Gasteiger partial charge is 0.146 e. The minimum atomic E-state index is 0.606. The van der Waals surface area contributed by atoms with Gasteiger partial charge in [0.1, 0.15) is 17.3 Å². The highest BCUT2D eigenvalue weighted by Crippen LogP contribution is 2.34. The summed E-state index contributed by atoms with van der Waals surface area (Å²) < 4.78 is 4.17. The molecule has 4 aromatic heterocycles. The van der Waals surface area contributed by atoms with Gasteiger partial charge in [-0.25, -0.2) is 9.97 Å². The van der Waals surface area contributed by atoms with Crippen LogP contribution in [0.15, 0.2) is 97.2 Å². The average molecular weight is 461 g/mol. The van der Waals surface area contributed by atoms with Crippen LogP contribution in [0.2, 0.25) is 0 Å². The lowest BCUT2D eigenvalue weighted by Crippen LogP contribution is -2.03. The van der Waals surface area contributed by atoms with Crippen molar-refractivity contribution >= 4 is 43.7 Å². The van der Waals surface area contributed by atoms with E-state index >= 15 is 0 Å². The van der Waals surface area contributed by atoms with E-state index in [0.29, 0.717) is 11.1 Å². The molecule has 0 radical (unpaired) electrons. The Kier molecular flexibility index (Phi) is 4.17. The second-order valence-electron chi connectivity index (χ2n) is 8.60. The Balaban J connectivity index is 1.53. The van der Waals surface area contributed by atoms with Gasteiger partial charge in [0, 0.05) is 27.7 Å². The Labute approximate surface area is 205 Å². The van der Waals surface area contributed by atoms with Crippen LogP contribution in [-0.2, 0) is 0 Å². The molecule has 0 N–H and O–H groups in total. The summed E-state index contributed by atoms with van der Waals surface area (Å²) in [5.74, 6) is 1.50. The number of aromatic nitrogens is 4. The van der Waals surface area contributed by atoms with Gasteiger partial charge in [0.15, 0.2) is 0 Å². The Morgan fingerprint density at radius 2 is 1.17 bits per heavy atom. The highest BCUT2D eigenvalue weighted by atomic mass is 15.2. The van der Waals surface area contributed by atoms with Gasteiger partial charge < -0.3 is 0 Å². The molecule has 36 heavy (non-hydrogen) atoms. The van der Waals surface area contributed by atoms with Gasteiger partial charge in [0.05, 0.1) is 39.8 Å². The number of hydrogen-bond acceptors (Lipinski definition) is 4. The maximum Gasteiger partial charge on any atom is 0.146 e.